The third-order valence-corrected chi connectivity index (χ3v) is 4.73. The molecule has 1 aliphatic carbocycles. The van der Waals surface area contributed by atoms with Gasteiger partial charge in [-0.15, -0.1) is 0 Å². The van der Waals surface area contributed by atoms with Crippen LogP contribution >= 0.6 is 0 Å². The van der Waals surface area contributed by atoms with Gasteiger partial charge in [-0.2, -0.15) is 0 Å². The Bertz CT molecular complexity index is 332. The van der Waals surface area contributed by atoms with Crippen molar-refractivity contribution in [3.63, 3.8) is 0 Å². The average molecular weight is 312 g/mol. The molecule has 22 heavy (non-hydrogen) atoms. The van der Waals surface area contributed by atoms with Crippen LogP contribution in [-0.4, -0.2) is 62.4 Å². The van der Waals surface area contributed by atoms with Crippen molar-refractivity contribution in [2.45, 2.75) is 58.1 Å². The highest BCUT2D eigenvalue weighted by molar-refractivity contribution is 5.77. The number of carbonyl (C=O) groups excluding carboxylic acids is 1. The first-order valence-corrected chi connectivity index (χ1v) is 8.84. The Hall–Kier alpha value is -0.650. The standard InChI is InChI=1S/C17H32N2O3/c1-14-4-3-5-16(12-14)22-13-17(20)18-15(2)6-7-19-8-10-21-11-9-19/h14-16H,3-13H2,1-2H3,(H,18,20)/t14-,15+,16+/m1/s1. The molecule has 2 aliphatic rings. The van der Waals surface area contributed by atoms with E-state index in [0.29, 0.717) is 0 Å². The van der Waals surface area contributed by atoms with E-state index < -0.39 is 0 Å². The Labute approximate surface area is 134 Å². The van der Waals surface area contributed by atoms with E-state index in [1.807, 2.05) is 0 Å². The van der Waals surface area contributed by atoms with Crippen molar-refractivity contribution in [1.82, 2.24) is 10.2 Å². The third-order valence-electron chi connectivity index (χ3n) is 4.73. The molecule has 0 unspecified atom stereocenters. The topological polar surface area (TPSA) is 50.8 Å². The number of ether oxygens (including phenoxy) is 2. The first kappa shape index (κ1) is 17.7. The number of nitrogens with one attached hydrogen (secondary N) is 1. The van der Waals surface area contributed by atoms with E-state index in [2.05, 4.69) is 24.1 Å². The highest BCUT2D eigenvalue weighted by Crippen LogP contribution is 2.25. The fraction of sp³-hybridized carbons (Fsp3) is 0.941. The molecule has 1 amide bonds. The molecule has 0 spiro atoms. The molecule has 2 rings (SSSR count). The fourth-order valence-corrected chi connectivity index (χ4v) is 3.31. The summed E-state index contributed by atoms with van der Waals surface area (Å²) in [5.74, 6) is 0.752. The van der Waals surface area contributed by atoms with Crippen molar-refractivity contribution >= 4 is 5.91 Å². The van der Waals surface area contributed by atoms with Gasteiger partial charge >= 0.3 is 0 Å². The lowest BCUT2D eigenvalue weighted by Gasteiger charge is -2.28. The van der Waals surface area contributed by atoms with Gasteiger partial charge in [-0.05, 0) is 32.1 Å². The van der Waals surface area contributed by atoms with E-state index in [4.69, 9.17) is 9.47 Å². The zero-order chi connectivity index (χ0) is 15.8. The summed E-state index contributed by atoms with van der Waals surface area (Å²) < 4.78 is 11.1. The molecule has 1 N–H and O–H groups in total. The number of morpholine rings is 1. The number of amides is 1. The molecule has 1 saturated carbocycles. The van der Waals surface area contributed by atoms with Crippen molar-refractivity contribution < 1.29 is 14.3 Å². The van der Waals surface area contributed by atoms with Crippen LogP contribution in [0.1, 0.15) is 46.0 Å². The zero-order valence-electron chi connectivity index (χ0n) is 14.2. The van der Waals surface area contributed by atoms with Crippen LogP contribution < -0.4 is 5.32 Å². The van der Waals surface area contributed by atoms with Gasteiger partial charge in [0.1, 0.15) is 6.61 Å². The summed E-state index contributed by atoms with van der Waals surface area (Å²) in [4.78, 5) is 14.4. The smallest absolute Gasteiger partial charge is 0.246 e. The first-order chi connectivity index (χ1) is 10.6. The summed E-state index contributed by atoms with van der Waals surface area (Å²) in [5, 5.41) is 3.05. The van der Waals surface area contributed by atoms with Gasteiger partial charge in [-0.1, -0.05) is 19.8 Å². The predicted octanol–water partition coefficient (Wildman–Crippen LogP) is 1.81. The lowest BCUT2D eigenvalue weighted by atomic mass is 9.89. The fourth-order valence-electron chi connectivity index (χ4n) is 3.31. The lowest BCUT2D eigenvalue weighted by molar-refractivity contribution is -0.129. The van der Waals surface area contributed by atoms with Crippen molar-refractivity contribution in [2.75, 3.05) is 39.5 Å². The monoisotopic (exact) mass is 312 g/mol. The molecular weight excluding hydrogens is 280 g/mol. The van der Waals surface area contributed by atoms with Crippen LogP contribution in [0.4, 0.5) is 0 Å². The van der Waals surface area contributed by atoms with Crippen LogP contribution in [0, 0.1) is 5.92 Å². The maximum absolute atomic E-state index is 12.0. The Morgan fingerprint density at radius 3 is 2.86 bits per heavy atom. The Morgan fingerprint density at radius 2 is 2.14 bits per heavy atom. The molecule has 0 aromatic rings. The van der Waals surface area contributed by atoms with Gasteiger partial charge in [0, 0.05) is 25.7 Å². The molecule has 1 saturated heterocycles. The number of hydrogen-bond donors (Lipinski definition) is 1. The summed E-state index contributed by atoms with van der Waals surface area (Å²) in [6.45, 7) is 9.23. The molecule has 128 valence electrons. The SMILES string of the molecule is C[C@@H]1CCC[C@H](OCC(=O)N[C@@H](C)CCN2CCOCC2)C1. The second-order valence-corrected chi connectivity index (χ2v) is 6.92. The molecule has 1 heterocycles. The van der Waals surface area contributed by atoms with Crippen molar-refractivity contribution in [1.29, 1.82) is 0 Å². The van der Waals surface area contributed by atoms with Gasteiger partial charge in [0.25, 0.3) is 0 Å². The molecule has 0 aromatic heterocycles. The van der Waals surface area contributed by atoms with Gasteiger partial charge in [0.05, 0.1) is 19.3 Å². The van der Waals surface area contributed by atoms with Crippen LogP contribution in [0.3, 0.4) is 0 Å². The average Bonchev–Trinajstić information content (AvgIpc) is 2.52. The van der Waals surface area contributed by atoms with Gasteiger partial charge < -0.3 is 14.8 Å². The molecule has 5 heteroatoms. The Balaban J connectivity index is 1.55. The number of nitrogens with zero attached hydrogens (tertiary/aromatic N) is 1. The third kappa shape index (κ3) is 6.63. The first-order valence-electron chi connectivity index (χ1n) is 8.84. The Kier molecular flexibility index (Phi) is 7.63. The van der Waals surface area contributed by atoms with Gasteiger partial charge in [-0.25, -0.2) is 0 Å². The van der Waals surface area contributed by atoms with E-state index in [-0.39, 0.29) is 24.7 Å². The van der Waals surface area contributed by atoms with Crippen molar-refractivity contribution in [3.05, 3.63) is 0 Å². The summed E-state index contributed by atoms with van der Waals surface area (Å²) in [5.41, 5.74) is 0. The highest BCUT2D eigenvalue weighted by atomic mass is 16.5. The van der Waals surface area contributed by atoms with E-state index in [9.17, 15) is 4.79 Å². The molecule has 0 bridgehead atoms. The minimum atomic E-state index is 0.0210. The zero-order valence-corrected chi connectivity index (χ0v) is 14.2. The van der Waals surface area contributed by atoms with E-state index in [1.54, 1.807) is 0 Å². The molecule has 3 atom stereocenters. The molecule has 5 nitrogen and oxygen atoms in total. The maximum Gasteiger partial charge on any atom is 0.246 e. The number of rotatable bonds is 7. The summed E-state index contributed by atoms with van der Waals surface area (Å²) in [6, 6.07) is 0.198. The van der Waals surface area contributed by atoms with Crippen molar-refractivity contribution in [2.24, 2.45) is 5.92 Å². The van der Waals surface area contributed by atoms with E-state index in [1.165, 1.54) is 12.8 Å². The lowest BCUT2D eigenvalue weighted by Crippen LogP contribution is -2.41. The molecule has 0 radical (unpaired) electrons. The second kappa shape index (κ2) is 9.48. The quantitative estimate of drug-likeness (QED) is 0.779. The van der Waals surface area contributed by atoms with Crippen LogP contribution in [0.25, 0.3) is 0 Å². The van der Waals surface area contributed by atoms with Gasteiger partial charge in [0.2, 0.25) is 5.91 Å². The van der Waals surface area contributed by atoms with E-state index >= 15 is 0 Å². The summed E-state index contributed by atoms with van der Waals surface area (Å²) in [7, 11) is 0. The second-order valence-electron chi connectivity index (χ2n) is 6.92. The summed E-state index contributed by atoms with van der Waals surface area (Å²) in [6.07, 6.45) is 5.97. The molecule has 0 aromatic carbocycles. The van der Waals surface area contributed by atoms with Gasteiger partial charge in [-0.3, -0.25) is 9.69 Å². The number of hydrogen-bond acceptors (Lipinski definition) is 4. The summed E-state index contributed by atoms with van der Waals surface area (Å²) >= 11 is 0. The van der Waals surface area contributed by atoms with Crippen LogP contribution in [-0.2, 0) is 14.3 Å². The van der Waals surface area contributed by atoms with Crippen LogP contribution in [0.5, 0.6) is 0 Å². The van der Waals surface area contributed by atoms with Gasteiger partial charge in [0.15, 0.2) is 0 Å². The minimum absolute atomic E-state index is 0.0210. The Morgan fingerprint density at radius 1 is 1.36 bits per heavy atom. The van der Waals surface area contributed by atoms with E-state index in [0.717, 1.165) is 58.0 Å². The van der Waals surface area contributed by atoms with Crippen LogP contribution in [0.2, 0.25) is 0 Å². The molecular formula is C17H32N2O3. The van der Waals surface area contributed by atoms with Crippen LogP contribution in [0.15, 0.2) is 0 Å². The molecule has 2 fully saturated rings. The van der Waals surface area contributed by atoms with Crippen molar-refractivity contribution in [3.8, 4) is 0 Å². The maximum atomic E-state index is 12.0. The predicted molar refractivity (Wildman–Crippen MR) is 86.9 cm³/mol. The number of carbonyl (C=O) groups is 1. The largest absolute Gasteiger partial charge is 0.379 e. The molecule has 1 aliphatic heterocycles. The normalized spacial score (nSPS) is 28.3. The minimum Gasteiger partial charge on any atom is -0.379 e. The highest BCUT2D eigenvalue weighted by Gasteiger charge is 2.20.